The average Bonchev–Trinajstić information content (AvgIpc) is 2.20. The summed E-state index contributed by atoms with van der Waals surface area (Å²) in [5.41, 5.74) is 0.578. The van der Waals surface area contributed by atoms with Gasteiger partial charge in [0.25, 0.3) is 0 Å². The summed E-state index contributed by atoms with van der Waals surface area (Å²) in [6, 6.07) is 1.44. The van der Waals surface area contributed by atoms with E-state index in [0.29, 0.717) is 23.7 Å². The number of hydrogen-bond donors (Lipinski definition) is 1. The van der Waals surface area contributed by atoms with Crippen molar-refractivity contribution in [2.24, 2.45) is 5.41 Å². The standard InChI is InChI=1S/C15H29NO/c1-11-9-14(10-12(2)17-11)16-13-5-7-15(3,4)8-6-13/h11-14,16H,5-10H2,1-4H3. The largest absolute Gasteiger partial charge is 0.375 e. The van der Waals surface area contributed by atoms with E-state index in [9.17, 15) is 0 Å². The number of nitrogens with one attached hydrogen (secondary N) is 1. The maximum absolute atomic E-state index is 5.80. The predicted octanol–water partition coefficient (Wildman–Crippen LogP) is 3.50. The summed E-state index contributed by atoms with van der Waals surface area (Å²) in [6.45, 7) is 9.21. The van der Waals surface area contributed by atoms with E-state index in [2.05, 4.69) is 33.0 Å². The smallest absolute Gasteiger partial charge is 0.0565 e. The van der Waals surface area contributed by atoms with Crippen molar-refractivity contribution in [1.82, 2.24) is 5.32 Å². The molecule has 2 heteroatoms. The van der Waals surface area contributed by atoms with Gasteiger partial charge in [-0.25, -0.2) is 0 Å². The van der Waals surface area contributed by atoms with Crippen LogP contribution < -0.4 is 5.32 Å². The van der Waals surface area contributed by atoms with Crippen LogP contribution in [0.5, 0.6) is 0 Å². The van der Waals surface area contributed by atoms with Crippen LogP contribution in [-0.2, 0) is 4.74 Å². The lowest BCUT2D eigenvalue weighted by molar-refractivity contribution is -0.0446. The van der Waals surface area contributed by atoms with Gasteiger partial charge < -0.3 is 10.1 Å². The fourth-order valence-electron chi connectivity index (χ4n) is 3.44. The van der Waals surface area contributed by atoms with Crippen LogP contribution in [0, 0.1) is 5.41 Å². The van der Waals surface area contributed by atoms with Gasteiger partial charge in [-0.3, -0.25) is 0 Å². The molecule has 2 aliphatic rings. The van der Waals surface area contributed by atoms with Gasteiger partial charge in [0.15, 0.2) is 0 Å². The lowest BCUT2D eigenvalue weighted by atomic mass is 9.75. The highest BCUT2D eigenvalue weighted by Crippen LogP contribution is 2.35. The Kier molecular flexibility index (Phi) is 4.14. The molecule has 2 fully saturated rings. The van der Waals surface area contributed by atoms with Gasteiger partial charge in [0.2, 0.25) is 0 Å². The van der Waals surface area contributed by atoms with E-state index in [1.807, 2.05) is 0 Å². The second-order valence-electron chi connectivity index (χ2n) is 7.03. The third kappa shape index (κ3) is 3.96. The van der Waals surface area contributed by atoms with Gasteiger partial charge in [-0.1, -0.05) is 13.8 Å². The Morgan fingerprint density at radius 3 is 2.00 bits per heavy atom. The summed E-state index contributed by atoms with van der Waals surface area (Å²) in [4.78, 5) is 0. The zero-order valence-corrected chi connectivity index (χ0v) is 12.0. The molecule has 2 unspecified atom stereocenters. The average molecular weight is 239 g/mol. The van der Waals surface area contributed by atoms with Gasteiger partial charge in [-0.15, -0.1) is 0 Å². The number of ether oxygens (including phenoxy) is 1. The van der Waals surface area contributed by atoms with Crippen molar-refractivity contribution in [3.63, 3.8) is 0 Å². The van der Waals surface area contributed by atoms with Crippen molar-refractivity contribution in [2.45, 2.75) is 90.5 Å². The molecule has 1 aliphatic heterocycles. The summed E-state index contributed by atoms with van der Waals surface area (Å²) in [5, 5.41) is 3.88. The summed E-state index contributed by atoms with van der Waals surface area (Å²) in [6.07, 6.45) is 8.68. The minimum absolute atomic E-state index is 0.427. The number of hydrogen-bond acceptors (Lipinski definition) is 2. The molecular weight excluding hydrogens is 210 g/mol. The highest BCUT2D eigenvalue weighted by Gasteiger charge is 2.30. The Morgan fingerprint density at radius 2 is 1.47 bits per heavy atom. The van der Waals surface area contributed by atoms with Crippen molar-refractivity contribution >= 4 is 0 Å². The van der Waals surface area contributed by atoms with Crippen LogP contribution >= 0.6 is 0 Å². The zero-order chi connectivity index (χ0) is 12.5. The molecule has 0 aromatic rings. The quantitative estimate of drug-likeness (QED) is 0.796. The van der Waals surface area contributed by atoms with Crippen molar-refractivity contribution in [1.29, 1.82) is 0 Å². The molecule has 2 rings (SSSR count). The molecule has 1 aliphatic carbocycles. The summed E-state index contributed by atoms with van der Waals surface area (Å²) in [5.74, 6) is 0. The molecule has 0 aromatic carbocycles. The van der Waals surface area contributed by atoms with E-state index in [1.165, 1.54) is 38.5 Å². The van der Waals surface area contributed by atoms with Crippen molar-refractivity contribution in [2.75, 3.05) is 0 Å². The third-order valence-electron chi connectivity index (χ3n) is 4.51. The summed E-state index contributed by atoms with van der Waals surface area (Å²) in [7, 11) is 0. The molecular formula is C15H29NO. The van der Waals surface area contributed by atoms with Gasteiger partial charge >= 0.3 is 0 Å². The predicted molar refractivity (Wildman–Crippen MR) is 72.2 cm³/mol. The van der Waals surface area contributed by atoms with Crippen LogP contribution in [0.4, 0.5) is 0 Å². The zero-order valence-electron chi connectivity index (χ0n) is 12.0. The van der Waals surface area contributed by atoms with Crippen LogP contribution in [0.1, 0.15) is 66.2 Å². The minimum Gasteiger partial charge on any atom is -0.375 e. The molecule has 100 valence electrons. The van der Waals surface area contributed by atoms with E-state index in [1.54, 1.807) is 0 Å². The summed E-state index contributed by atoms with van der Waals surface area (Å²) >= 11 is 0. The SMILES string of the molecule is CC1CC(NC2CCC(C)(C)CC2)CC(C)O1. The van der Waals surface area contributed by atoms with Crippen molar-refractivity contribution in [3.05, 3.63) is 0 Å². The molecule has 0 aromatic heterocycles. The minimum atomic E-state index is 0.427. The Balaban J connectivity index is 1.77. The molecule has 1 saturated heterocycles. The van der Waals surface area contributed by atoms with Crippen LogP contribution in [0.15, 0.2) is 0 Å². The van der Waals surface area contributed by atoms with E-state index < -0.39 is 0 Å². The van der Waals surface area contributed by atoms with Crippen LogP contribution in [0.2, 0.25) is 0 Å². The first kappa shape index (κ1) is 13.4. The normalized spacial score (nSPS) is 39.2. The first-order valence-electron chi connectivity index (χ1n) is 7.36. The molecule has 1 N–H and O–H groups in total. The fourth-order valence-corrected chi connectivity index (χ4v) is 3.44. The lowest BCUT2D eigenvalue weighted by Gasteiger charge is -2.39. The lowest BCUT2D eigenvalue weighted by Crippen LogP contribution is -2.47. The van der Waals surface area contributed by atoms with E-state index in [4.69, 9.17) is 4.74 Å². The monoisotopic (exact) mass is 239 g/mol. The van der Waals surface area contributed by atoms with Gasteiger partial charge in [0, 0.05) is 12.1 Å². The molecule has 0 spiro atoms. The molecule has 0 radical (unpaired) electrons. The van der Waals surface area contributed by atoms with Crippen molar-refractivity contribution < 1.29 is 4.74 Å². The maximum atomic E-state index is 5.80. The summed E-state index contributed by atoms with van der Waals surface area (Å²) < 4.78 is 5.80. The fraction of sp³-hybridized carbons (Fsp3) is 1.00. The first-order chi connectivity index (χ1) is 7.94. The Morgan fingerprint density at radius 1 is 0.941 bits per heavy atom. The molecule has 1 heterocycles. The Labute approximate surface area is 107 Å². The van der Waals surface area contributed by atoms with Crippen LogP contribution in [-0.4, -0.2) is 24.3 Å². The van der Waals surface area contributed by atoms with Gasteiger partial charge in [-0.05, 0) is 57.8 Å². The van der Waals surface area contributed by atoms with E-state index >= 15 is 0 Å². The highest BCUT2D eigenvalue weighted by atomic mass is 16.5. The maximum Gasteiger partial charge on any atom is 0.0565 e. The highest BCUT2D eigenvalue weighted by molar-refractivity contribution is 4.86. The van der Waals surface area contributed by atoms with Crippen LogP contribution in [0.25, 0.3) is 0 Å². The van der Waals surface area contributed by atoms with Gasteiger partial charge in [0.1, 0.15) is 0 Å². The molecule has 1 saturated carbocycles. The van der Waals surface area contributed by atoms with E-state index in [0.717, 1.165) is 6.04 Å². The van der Waals surface area contributed by atoms with Gasteiger partial charge in [0.05, 0.1) is 12.2 Å². The third-order valence-corrected chi connectivity index (χ3v) is 4.51. The van der Waals surface area contributed by atoms with Crippen molar-refractivity contribution in [3.8, 4) is 0 Å². The topological polar surface area (TPSA) is 21.3 Å². The molecule has 2 nitrogen and oxygen atoms in total. The Bertz CT molecular complexity index is 231. The first-order valence-corrected chi connectivity index (χ1v) is 7.36. The van der Waals surface area contributed by atoms with E-state index in [-0.39, 0.29) is 0 Å². The molecule has 2 atom stereocenters. The number of rotatable bonds is 2. The van der Waals surface area contributed by atoms with Gasteiger partial charge in [-0.2, -0.15) is 0 Å². The molecule has 0 bridgehead atoms. The second kappa shape index (κ2) is 5.27. The molecule has 17 heavy (non-hydrogen) atoms. The van der Waals surface area contributed by atoms with Crippen LogP contribution in [0.3, 0.4) is 0 Å². The second-order valence-corrected chi connectivity index (χ2v) is 7.03. The Hall–Kier alpha value is -0.0800. The molecule has 0 amide bonds.